The summed E-state index contributed by atoms with van der Waals surface area (Å²) >= 11 is 0. The SMILES string of the molecule is CCCCCCCCCCCC(C)CCP(CCCCCC)CCCCCC. The molecule has 0 N–H and O–H groups in total. The first-order chi connectivity index (χ1) is 13.7. The van der Waals surface area contributed by atoms with Crippen LogP contribution < -0.4 is 0 Å². The van der Waals surface area contributed by atoms with Gasteiger partial charge in [0.1, 0.15) is 0 Å². The van der Waals surface area contributed by atoms with Crippen LogP contribution >= 0.6 is 7.92 Å². The Balaban J connectivity index is 3.74. The van der Waals surface area contributed by atoms with Crippen molar-refractivity contribution in [3.63, 3.8) is 0 Å². The molecule has 0 bridgehead atoms. The molecule has 0 spiro atoms. The Morgan fingerprint density at radius 2 is 0.821 bits per heavy atom. The van der Waals surface area contributed by atoms with Gasteiger partial charge in [0, 0.05) is 0 Å². The van der Waals surface area contributed by atoms with E-state index in [2.05, 4.69) is 27.7 Å². The Labute approximate surface area is 182 Å². The van der Waals surface area contributed by atoms with Gasteiger partial charge >= 0.3 is 0 Å². The van der Waals surface area contributed by atoms with E-state index in [0.29, 0.717) is 7.92 Å². The largest absolute Gasteiger partial charge is 0.107 e. The van der Waals surface area contributed by atoms with E-state index in [1.54, 1.807) is 18.5 Å². The summed E-state index contributed by atoms with van der Waals surface area (Å²) in [6.07, 6.45) is 32.6. The molecule has 0 aromatic carbocycles. The predicted octanol–water partition coefficient (Wildman–Crippen LogP) is 10.6. The van der Waals surface area contributed by atoms with Crippen molar-refractivity contribution in [2.75, 3.05) is 18.5 Å². The molecule has 0 rings (SSSR count). The first-order valence-corrected chi connectivity index (χ1v) is 15.4. The molecule has 1 unspecified atom stereocenters. The normalized spacial score (nSPS) is 12.8. The Morgan fingerprint density at radius 1 is 0.429 bits per heavy atom. The molecule has 0 heterocycles. The third-order valence-corrected chi connectivity index (χ3v) is 9.18. The Bertz CT molecular complexity index is 263. The van der Waals surface area contributed by atoms with E-state index in [-0.39, 0.29) is 0 Å². The van der Waals surface area contributed by atoms with Gasteiger partial charge in [-0.15, -0.1) is 7.92 Å². The summed E-state index contributed by atoms with van der Waals surface area (Å²) in [4.78, 5) is 0. The number of hydrogen-bond acceptors (Lipinski definition) is 0. The topological polar surface area (TPSA) is 0 Å². The zero-order valence-electron chi connectivity index (χ0n) is 20.6. The second-order valence-corrected chi connectivity index (χ2v) is 12.2. The lowest BCUT2D eigenvalue weighted by atomic mass is 9.99. The van der Waals surface area contributed by atoms with Crippen LogP contribution in [0.5, 0.6) is 0 Å². The van der Waals surface area contributed by atoms with E-state index in [1.165, 1.54) is 122 Å². The van der Waals surface area contributed by atoms with E-state index in [4.69, 9.17) is 0 Å². The molecule has 0 nitrogen and oxygen atoms in total. The summed E-state index contributed by atoms with van der Waals surface area (Å²) in [7, 11) is 0.342. The summed E-state index contributed by atoms with van der Waals surface area (Å²) in [6, 6.07) is 0. The second-order valence-electron chi connectivity index (χ2n) is 9.47. The van der Waals surface area contributed by atoms with Crippen LogP contribution in [0, 0.1) is 5.92 Å². The molecule has 1 heteroatoms. The van der Waals surface area contributed by atoms with Gasteiger partial charge in [0.25, 0.3) is 0 Å². The van der Waals surface area contributed by atoms with Gasteiger partial charge in [-0.25, -0.2) is 0 Å². The molecular weight excluding hydrogens is 355 g/mol. The number of rotatable bonds is 23. The smallest absolute Gasteiger partial charge is 0.0323 e. The fourth-order valence-corrected chi connectivity index (χ4v) is 7.03. The number of unbranched alkanes of at least 4 members (excludes halogenated alkanes) is 14. The van der Waals surface area contributed by atoms with Crippen LogP contribution in [0.15, 0.2) is 0 Å². The summed E-state index contributed by atoms with van der Waals surface area (Å²) in [5, 5.41) is 0. The molecule has 0 aliphatic carbocycles. The summed E-state index contributed by atoms with van der Waals surface area (Å²) in [5.74, 6) is 0.973. The molecule has 28 heavy (non-hydrogen) atoms. The second kappa shape index (κ2) is 23.7. The molecule has 0 aliphatic heterocycles. The van der Waals surface area contributed by atoms with Gasteiger partial charge in [-0.1, -0.05) is 130 Å². The quantitative estimate of drug-likeness (QED) is 0.116. The zero-order chi connectivity index (χ0) is 20.7. The lowest BCUT2D eigenvalue weighted by Crippen LogP contribution is -2.02. The van der Waals surface area contributed by atoms with E-state index >= 15 is 0 Å². The molecular formula is C27H57P. The maximum Gasteiger partial charge on any atom is -0.0323 e. The van der Waals surface area contributed by atoms with E-state index in [0.717, 1.165) is 5.92 Å². The highest BCUT2D eigenvalue weighted by Gasteiger charge is 2.10. The van der Waals surface area contributed by atoms with Crippen LogP contribution in [-0.2, 0) is 0 Å². The highest BCUT2D eigenvalue weighted by Crippen LogP contribution is 2.40. The van der Waals surface area contributed by atoms with Crippen molar-refractivity contribution in [3.05, 3.63) is 0 Å². The Hall–Kier alpha value is 0.430. The van der Waals surface area contributed by atoms with Gasteiger partial charge in [0.15, 0.2) is 0 Å². The van der Waals surface area contributed by atoms with Crippen LogP contribution in [0.1, 0.15) is 150 Å². The fraction of sp³-hybridized carbons (Fsp3) is 1.00. The molecule has 1 atom stereocenters. The van der Waals surface area contributed by atoms with Crippen LogP contribution in [0.4, 0.5) is 0 Å². The van der Waals surface area contributed by atoms with Gasteiger partial charge < -0.3 is 0 Å². The molecule has 0 aliphatic rings. The minimum absolute atomic E-state index is 0.342. The minimum Gasteiger partial charge on any atom is -0.107 e. The average Bonchev–Trinajstić information content (AvgIpc) is 2.70. The molecule has 0 saturated heterocycles. The minimum atomic E-state index is 0.342. The average molecular weight is 413 g/mol. The van der Waals surface area contributed by atoms with Crippen molar-refractivity contribution in [1.82, 2.24) is 0 Å². The third-order valence-electron chi connectivity index (χ3n) is 6.39. The summed E-state index contributed by atoms with van der Waals surface area (Å²) in [6.45, 7) is 9.51. The molecule has 0 radical (unpaired) electrons. The van der Waals surface area contributed by atoms with Crippen molar-refractivity contribution in [3.8, 4) is 0 Å². The predicted molar refractivity (Wildman–Crippen MR) is 135 cm³/mol. The highest BCUT2D eigenvalue weighted by molar-refractivity contribution is 7.57. The van der Waals surface area contributed by atoms with Crippen molar-refractivity contribution in [2.24, 2.45) is 5.92 Å². The monoisotopic (exact) mass is 412 g/mol. The molecule has 170 valence electrons. The molecule has 0 amide bonds. The van der Waals surface area contributed by atoms with Gasteiger partial charge in [-0.05, 0) is 43.7 Å². The molecule has 0 fully saturated rings. The summed E-state index contributed by atoms with van der Waals surface area (Å²) < 4.78 is 0. The Kier molecular flexibility index (Phi) is 24.1. The van der Waals surface area contributed by atoms with Crippen LogP contribution in [0.25, 0.3) is 0 Å². The van der Waals surface area contributed by atoms with Crippen LogP contribution in [0.2, 0.25) is 0 Å². The number of hydrogen-bond donors (Lipinski definition) is 0. The highest BCUT2D eigenvalue weighted by atomic mass is 31.1. The maximum atomic E-state index is 2.53. The van der Waals surface area contributed by atoms with Gasteiger partial charge in [-0.2, -0.15) is 0 Å². The van der Waals surface area contributed by atoms with Crippen molar-refractivity contribution in [1.29, 1.82) is 0 Å². The van der Waals surface area contributed by atoms with E-state index < -0.39 is 0 Å². The zero-order valence-corrected chi connectivity index (χ0v) is 21.5. The standard InChI is InChI=1S/C27H57P/c1-5-8-11-14-15-16-17-18-19-22-27(4)23-26-28(24-20-12-9-6-2)25-21-13-10-7-3/h27H,5-26H2,1-4H3. The Morgan fingerprint density at radius 3 is 1.29 bits per heavy atom. The first-order valence-electron chi connectivity index (χ1n) is 13.5. The lowest BCUT2D eigenvalue weighted by molar-refractivity contribution is 0.471. The fourth-order valence-electron chi connectivity index (χ4n) is 4.21. The third kappa shape index (κ3) is 21.1. The molecule has 0 aromatic rings. The van der Waals surface area contributed by atoms with Crippen LogP contribution in [0.3, 0.4) is 0 Å². The van der Waals surface area contributed by atoms with E-state index in [9.17, 15) is 0 Å². The van der Waals surface area contributed by atoms with Gasteiger partial charge in [0.05, 0.1) is 0 Å². The maximum absolute atomic E-state index is 2.53. The van der Waals surface area contributed by atoms with Gasteiger partial charge in [-0.3, -0.25) is 0 Å². The summed E-state index contributed by atoms with van der Waals surface area (Å²) in [5.41, 5.74) is 0. The van der Waals surface area contributed by atoms with Crippen molar-refractivity contribution in [2.45, 2.75) is 150 Å². The van der Waals surface area contributed by atoms with Crippen LogP contribution in [-0.4, -0.2) is 18.5 Å². The first kappa shape index (κ1) is 28.4. The van der Waals surface area contributed by atoms with Crippen molar-refractivity contribution >= 4 is 7.92 Å². The van der Waals surface area contributed by atoms with Gasteiger partial charge in [0.2, 0.25) is 0 Å². The van der Waals surface area contributed by atoms with Crippen molar-refractivity contribution < 1.29 is 0 Å². The lowest BCUT2D eigenvalue weighted by Gasteiger charge is -2.20. The molecule has 0 saturated carbocycles. The van der Waals surface area contributed by atoms with E-state index in [1.807, 2.05) is 0 Å². The molecule has 0 aromatic heterocycles.